The number of nitrogens with zero attached hydrogens (tertiary/aromatic N) is 1. The van der Waals surface area contributed by atoms with Gasteiger partial charge >= 0.3 is 0 Å². The summed E-state index contributed by atoms with van der Waals surface area (Å²) in [6, 6.07) is 14.4. The van der Waals surface area contributed by atoms with Crippen LogP contribution in [-0.2, 0) is 0 Å². The highest BCUT2D eigenvalue weighted by Crippen LogP contribution is 2.26. The highest BCUT2D eigenvalue weighted by molar-refractivity contribution is 9.10. The molecule has 3 aromatic rings. The molecule has 0 aliphatic carbocycles. The number of halogens is 2. The molecule has 0 aliphatic heterocycles. The molecule has 0 saturated carbocycles. The minimum absolute atomic E-state index is 0.191. The number of nitrogens with one attached hydrogen (secondary N) is 1. The van der Waals surface area contributed by atoms with Crippen molar-refractivity contribution in [3.63, 3.8) is 0 Å². The highest BCUT2D eigenvalue weighted by atomic mass is 79.9. The molecule has 1 amide bonds. The summed E-state index contributed by atoms with van der Waals surface area (Å²) >= 11 is 9.33. The van der Waals surface area contributed by atoms with Crippen LogP contribution < -0.4 is 5.32 Å². The molecule has 1 N–H and O–H groups in total. The Balaban J connectivity index is 1.91. The lowest BCUT2D eigenvalue weighted by Crippen LogP contribution is -2.12. The third kappa shape index (κ3) is 3.06. The fourth-order valence-electron chi connectivity index (χ4n) is 2.00. The van der Waals surface area contributed by atoms with Crippen LogP contribution in [0.1, 0.15) is 10.4 Å². The SMILES string of the molecule is O=C(Nc1cc(Cl)ccc1Br)c1ccc2ncccc2c1. The number of pyridine rings is 1. The van der Waals surface area contributed by atoms with Gasteiger partial charge in [0.05, 0.1) is 11.2 Å². The lowest BCUT2D eigenvalue weighted by molar-refractivity contribution is 0.102. The number of hydrogen-bond donors (Lipinski definition) is 1. The Labute approximate surface area is 135 Å². The predicted octanol–water partition coefficient (Wildman–Crippen LogP) is 4.90. The number of anilines is 1. The van der Waals surface area contributed by atoms with E-state index in [-0.39, 0.29) is 5.91 Å². The van der Waals surface area contributed by atoms with Crippen molar-refractivity contribution >= 4 is 50.0 Å². The summed E-state index contributed by atoms with van der Waals surface area (Å²) in [5, 5.41) is 4.33. The third-order valence-electron chi connectivity index (χ3n) is 3.04. The zero-order chi connectivity index (χ0) is 14.8. The predicted molar refractivity (Wildman–Crippen MR) is 88.8 cm³/mol. The standard InChI is InChI=1S/C16H10BrClN2O/c17-13-5-4-12(18)9-15(13)20-16(21)11-3-6-14-10(8-11)2-1-7-19-14/h1-9H,(H,20,21). The van der Waals surface area contributed by atoms with Gasteiger partial charge in [0.1, 0.15) is 0 Å². The Morgan fingerprint density at radius 3 is 2.86 bits per heavy atom. The van der Waals surface area contributed by atoms with Crippen LogP contribution in [0.2, 0.25) is 5.02 Å². The van der Waals surface area contributed by atoms with Crippen molar-refractivity contribution in [3.05, 3.63) is 69.8 Å². The number of rotatable bonds is 2. The lowest BCUT2D eigenvalue weighted by atomic mass is 10.1. The Morgan fingerprint density at radius 2 is 2.00 bits per heavy atom. The first kappa shape index (κ1) is 14.0. The fourth-order valence-corrected chi connectivity index (χ4v) is 2.52. The zero-order valence-electron chi connectivity index (χ0n) is 10.8. The van der Waals surface area contributed by atoms with Crippen LogP contribution in [0.4, 0.5) is 5.69 Å². The molecule has 5 heteroatoms. The molecule has 21 heavy (non-hydrogen) atoms. The average molecular weight is 362 g/mol. The van der Waals surface area contributed by atoms with Crippen molar-refractivity contribution < 1.29 is 4.79 Å². The van der Waals surface area contributed by atoms with Gasteiger partial charge in [0.15, 0.2) is 0 Å². The normalized spacial score (nSPS) is 10.6. The summed E-state index contributed by atoms with van der Waals surface area (Å²) < 4.78 is 0.780. The van der Waals surface area contributed by atoms with Gasteiger partial charge in [-0.1, -0.05) is 17.7 Å². The number of carbonyl (C=O) groups excluding carboxylic acids is 1. The van der Waals surface area contributed by atoms with E-state index in [1.807, 2.05) is 24.3 Å². The molecule has 2 aromatic carbocycles. The van der Waals surface area contributed by atoms with Crippen LogP contribution in [0.15, 0.2) is 59.2 Å². The molecular formula is C16H10BrClN2O. The largest absolute Gasteiger partial charge is 0.321 e. The third-order valence-corrected chi connectivity index (χ3v) is 3.97. The van der Waals surface area contributed by atoms with E-state index in [1.54, 1.807) is 30.5 Å². The average Bonchev–Trinajstić information content (AvgIpc) is 2.50. The van der Waals surface area contributed by atoms with Gasteiger partial charge in [0.2, 0.25) is 0 Å². The zero-order valence-corrected chi connectivity index (χ0v) is 13.1. The van der Waals surface area contributed by atoms with Gasteiger partial charge in [-0.25, -0.2) is 0 Å². The second kappa shape index (κ2) is 5.84. The molecule has 0 unspecified atom stereocenters. The van der Waals surface area contributed by atoms with Gasteiger partial charge < -0.3 is 5.32 Å². The maximum absolute atomic E-state index is 12.3. The molecule has 104 valence electrons. The van der Waals surface area contributed by atoms with E-state index in [2.05, 4.69) is 26.2 Å². The summed E-state index contributed by atoms with van der Waals surface area (Å²) in [7, 11) is 0. The van der Waals surface area contributed by atoms with Gasteiger partial charge in [-0.05, 0) is 58.4 Å². The van der Waals surface area contributed by atoms with Crippen molar-refractivity contribution in [2.75, 3.05) is 5.32 Å². The second-order valence-electron chi connectivity index (χ2n) is 4.49. The molecule has 1 heterocycles. The van der Waals surface area contributed by atoms with Crippen molar-refractivity contribution in [1.29, 1.82) is 0 Å². The Bertz CT molecular complexity index is 835. The van der Waals surface area contributed by atoms with Gasteiger partial charge in [0, 0.05) is 26.6 Å². The molecular weight excluding hydrogens is 352 g/mol. The lowest BCUT2D eigenvalue weighted by Gasteiger charge is -2.08. The first-order valence-electron chi connectivity index (χ1n) is 6.25. The van der Waals surface area contributed by atoms with Crippen LogP contribution in [-0.4, -0.2) is 10.9 Å². The van der Waals surface area contributed by atoms with E-state index in [9.17, 15) is 4.79 Å². The summed E-state index contributed by atoms with van der Waals surface area (Å²) in [4.78, 5) is 16.6. The fraction of sp³-hybridized carbons (Fsp3) is 0. The highest BCUT2D eigenvalue weighted by Gasteiger charge is 2.09. The molecule has 0 saturated heterocycles. The number of amides is 1. The topological polar surface area (TPSA) is 42.0 Å². The molecule has 0 atom stereocenters. The number of carbonyl (C=O) groups is 1. The van der Waals surface area contributed by atoms with E-state index in [0.717, 1.165) is 15.4 Å². The van der Waals surface area contributed by atoms with Crippen molar-refractivity contribution in [3.8, 4) is 0 Å². The van der Waals surface area contributed by atoms with Crippen molar-refractivity contribution in [2.24, 2.45) is 0 Å². The Hall–Kier alpha value is -1.91. The molecule has 3 rings (SSSR count). The van der Waals surface area contributed by atoms with Crippen molar-refractivity contribution in [1.82, 2.24) is 4.98 Å². The number of hydrogen-bond acceptors (Lipinski definition) is 2. The minimum Gasteiger partial charge on any atom is -0.321 e. The molecule has 0 aliphatic rings. The minimum atomic E-state index is -0.191. The van der Waals surface area contributed by atoms with Gasteiger partial charge in [-0.2, -0.15) is 0 Å². The number of aromatic nitrogens is 1. The molecule has 0 spiro atoms. The summed E-state index contributed by atoms with van der Waals surface area (Å²) in [5.41, 5.74) is 2.07. The molecule has 3 nitrogen and oxygen atoms in total. The van der Waals surface area contributed by atoms with Crippen LogP contribution in [0.5, 0.6) is 0 Å². The monoisotopic (exact) mass is 360 g/mol. The molecule has 0 fully saturated rings. The number of benzene rings is 2. The molecule has 0 radical (unpaired) electrons. The molecule has 0 bridgehead atoms. The number of fused-ring (bicyclic) bond motifs is 1. The second-order valence-corrected chi connectivity index (χ2v) is 5.78. The Morgan fingerprint density at radius 1 is 1.14 bits per heavy atom. The van der Waals surface area contributed by atoms with E-state index in [4.69, 9.17) is 11.6 Å². The summed E-state index contributed by atoms with van der Waals surface area (Å²) in [5.74, 6) is -0.191. The van der Waals surface area contributed by atoms with Gasteiger partial charge in [0.25, 0.3) is 5.91 Å². The smallest absolute Gasteiger partial charge is 0.255 e. The summed E-state index contributed by atoms with van der Waals surface area (Å²) in [6.45, 7) is 0. The molecule has 1 aromatic heterocycles. The van der Waals surface area contributed by atoms with E-state index in [1.165, 1.54) is 0 Å². The first-order valence-corrected chi connectivity index (χ1v) is 7.42. The maximum atomic E-state index is 12.3. The van der Waals surface area contributed by atoms with E-state index in [0.29, 0.717) is 16.3 Å². The van der Waals surface area contributed by atoms with E-state index >= 15 is 0 Å². The van der Waals surface area contributed by atoms with Crippen LogP contribution in [0.25, 0.3) is 10.9 Å². The van der Waals surface area contributed by atoms with Gasteiger partial charge in [-0.15, -0.1) is 0 Å². The van der Waals surface area contributed by atoms with Crippen LogP contribution in [0.3, 0.4) is 0 Å². The Kier molecular flexibility index (Phi) is 3.90. The van der Waals surface area contributed by atoms with Crippen molar-refractivity contribution in [2.45, 2.75) is 0 Å². The maximum Gasteiger partial charge on any atom is 0.255 e. The first-order chi connectivity index (χ1) is 10.1. The van der Waals surface area contributed by atoms with Gasteiger partial charge in [-0.3, -0.25) is 9.78 Å². The summed E-state index contributed by atoms with van der Waals surface area (Å²) in [6.07, 6.45) is 1.73. The van der Waals surface area contributed by atoms with Crippen LogP contribution in [0, 0.1) is 0 Å². The van der Waals surface area contributed by atoms with E-state index < -0.39 is 0 Å². The quantitative estimate of drug-likeness (QED) is 0.705. The van der Waals surface area contributed by atoms with Crippen LogP contribution >= 0.6 is 27.5 Å².